The van der Waals surface area contributed by atoms with Crippen LogP contribution in [-0.2, 0) is 27.3 Å². The van der Waals surface area contributed by atoms with Gasteiger partial charge in [-0.05, 0) is 30.0 Å². The molecule has 26 heavy (non-hydrogen) atoms. The second-order valence-corrected chi connectivity index (χ2v) is 6.76. The fourth-order valence-corrected chi connectivity index (χ4v) is 3.73. The van der Waals surface area contributed by atoms with Gasteiger partial charge in [-0.3, -0.25) is 9.59 Å². The van der Waals surface area contributed by atoms with Crippen molar-refractivity contribution < 1.29 is 14.3 Å². The second kappa shape index (κ2) is 7.30. The first kappa shape index (κ1) is 16.8. The Balaban J connectivity index is 1.60. The van der Waals surface area contributed by atoms with Crippen LogP contribution in [0.5, 0.6) is 0 Å². The number of ether oxygens (including phenoxy) is 1. The minimum absolute atomic E-state index is 0.0349. The molecule has 0 aliphatic carbocycles. The van der Waals surface area contributed by atoms with E-state index in [0.717, 1.165) is 24.1 Å². The Morgan fingerprint density at radius 3 is 2.69 bits per heavy atom. The van der Waals surface area contributed by atoms with Crippen LogP contribution in [0.2, 0.25) is 0 Å². The van der Waals surface area contributed by atoms with Crippen LogP contribution in [0.1, 0.15) is 17.5 Å². The highest BCUT2D eigenvalue weighted by molar-refractivity contribution is 6.00. The number of anilines is 1. The molecular weight excluding hydrogens is 328 g/mol. The lowest BCUT2D eigenvalue weighted by Crippen LogP contribution is -2.57. The van der Waals surface area contributed by atoms with Gasteiger partial charge in [-0.15, -0.1) is 0 Å². The third-order valence-corrected chi connectivity index (χ3v) is 5.05. The Morgan fingerprint density at radius 1 is 1.08 bits per heavy atom. The molecule has 2 aliphatic heterocycles. The average Bonchev–Trinajstić information content (AvgIpc) is 2.69. The Kier molecular flexibility index (Phi) is 4.71. The van der Waals surface area contributed by atoms with Crippen molar-refractivity contribution in [2.24, 2.45) is 0 Å². The summed E-state index contributed by atoms with van der Waals surface area (Å²) >= 11 is 0. The SMILES string of the molecule is O=C([C@H]1COCC(=O)N1Cc1ccccc1)N1CCCc2ccccc21. The van der Waals surface area contributed by atoms with E-state index >= 15 is 0 Å². The van der Waals surface area contributed by atoms with Crippen LogP contribution in [0.15, 0.2) is 54.6 Å². The molecule has 134 valence electrons. The van der Waals surface area contributed by atoms with Gasteiger partial charge in [0.1, 0.15) is 12.6 Å². The molecule has 1 atom stereocenters. The third kappa shape index (κ3) is 3.22. The van der Waals surface area contributed by atoms with E-state index in [1.165, 1.54) is 5.56 Å². The van der Waals surface area contributed by atoms with E-state index in [4.69, 9.17) is 4.74 Å². The molecule has 2 aliphatic rings. The number of para-hydroxylation sites is 1. The predicted octanol–water partition coefficient (Wildman–Crippen LogP) is 2.39. The van der Waals surface area contributed by atoms with E-state index in [1.807, 2.05) is 53.4 Å². The Hall–Kier alpha value is -2.66. The summed E-state index contributed by atoms with van der Waals surface area (Å²) in [4.78, 5) is 29.3. The fraction of sp³-hybridized carbons (Fsp3) is 0.333. The Bertz CT molecular complexity index is 806. The minimum Gasteiger partial charge on any atom is -0.369 e. The fourth-order valence-electron chi connectivity index (χ4n) is 3.73. The van der Waals surface area contributed by atoms with E-state index in [0.29, 0.717) is 13.1 Å². The van der Waals surface area contributed by atoms with E-state index < -0.39 is 6.04 Å². The molecule has 1 saturated heterocycles. The number of carbonyl (C=O) groups is 2. The van der Waals surface area contributed by atoms with Crippen LogP contribution < -0.4 is 4.90 Å². The molecule has 5 heteroatoms. The van der Waals surface area contributed by atoms with Crippen molar-refractivity contribution in [1.82, 2.24) is 4.90 Å². The zero-order chi connectivity index (χ0) is 17.9. The number of rotatable bonds is 3. The van der Waals surface area contributed by atoms with E-state index in [9.17, 15) is 9.59 Å². The smallest absolute Gasteiger partial charge is 0.252 e. The predicted molar refractivity (Wildman–Crippen MR) is 98.7 cm³/mol. The molecule has 0 unspecified atom stereocenters. The maximum absolute atomic E-state index is 13.3. The minimum atomic E-state index is -0.581. The number of amides is 2. The van der Waals surface area contributed by atoms with Crippen LogP contribution in [0.25, 0.3) is 0 Å². The topological polar surface area (TPSA) is 49.9 Å². The third-order valence-electron chi connectivity index (χ3n) is 5.05. The second-order valence-electron chi connectivity index (χ2n) is 6.76. The number of benzene rings is 2. The highest BCUT2D eigenvalue weighted by Crippen LogP contribution is 2.28. The number of nitrogens with zero attached hydrogens (tertiary/aromatic N) is 2. The Labute approximate surface area is 153 Å². The van der Waals surface area contributed by atoms with Crippen molar-refractivity contribution in [1.29, 1.82) is 0 Å². The standard InChI is InChI=1S/C21H22N2O3/c24-20-15-26-14-19(23(20)13-16-7-2-1-3-8-16)21(25)22-12-6-10-17-9-4-5-11-18(17)22/h1-5,7-9,11,19H,6,10,12-15H2/t19-/m1/s1. The first-order valence-corrected chi connectivity index (χ1v) is 9.04. The quantitative estimate of drug-likeness (QED) is 0.854. The maximum Gasteiger partial charge on any atom is 0.252 e. The molecule has 5 nitrogen and oxygen atoms in total. The molecule has 1 fully saturated rings. The number of hydrogen-bond donors (Lipinski definition) is 0. The number of carbonyl (C=O) groups excluding carboxylic acids is 2. The van der Waals surface area contributed by atoms with Gasteiger partial charge in [0.2, 0.25) is 5.91 Å². The molecule has 0 bridgehead atoms. The van der Waals surface area contributed by atoms with Crippen LogP contribution in [0.3, 0.4) is 0 Å². The highest BCUT2D eigenvalue weighted by Gasteiger charge is 2.37. The van der Waals surface area contributed by atoms with Gasteiger partial charge in [-0.25, -0.2) is 0 Å². The number of aryl methyl sites for hydroxylation is 1. The highest BCUT2D eigenvalue weighted by atomic mass is 16.5. The average molecular weight is 350 g/mol. The number of fused-ring (bicyclic) bond motifs is 1. The van der Waals surface area contributed by atoms with Gasteiger partial charge < -0.3 is 14.5 Å². The lowest BCUT2D eigenvalue weighted by Gasteiger charge is -2.39. The van der Waals surface area contributed by atoms with Crippen molar-refractivity contribution in [2.45, 2.75) is 25.4 Å². The van der Waals surface area contributed by atoms with Gasteiger partial charge in [0.05, 0.1) is 6.61 Å². The molecule has 2 aromatic carbocycles. The monoisotopic (exact) mass is 350 g/mol. The summed E-state index contributed by atoms with van der Waals surface area (Å²) in [6, 6.07) is 17.2. The van der Waals surface area contributed by atoms with Crippen molar-refractivity contribution in [3.05, 3.63) is 65.7 Å². The summed E-state index contributed by atoms with van der Waals surface area (Å²) in [5.41, 5.74) is 3.16. The maximum atomic E-state index is 13.3. The summed E-state index contributed by atoms with van der Waals surface area (Å²) in [5.74, 6) is -0.190. The van der Waals surface area contributed by atoms with Crippen LogP contribution in [-0.4, -0.2) is 42.5 Å². The largest absolute Gasteiger partial charge is 0.369 e. The van der Waals surface area contributed by atoms with Gasteiger partial charge in [0.15, 0.2) is 0 Å². The first-order valence-electron chi connectivity index (χ1n) is 9.04. The van der Waals surface area contributed by atoms with E-state index in [-0.39, 0.29) is 25.0 Å². The van der Waals surface area contributed by atoms with Gasteiger partial charge >= 0.3 is 0 Å². The van der Waals surface area contributed by atoms with Gasteiger partial charge in [0, 0.05) is 18.8 Å². The van der Waals surface area contributed by atoms with Gasteiger partial charge in [-0.1, -0.05) is 48.5 Å². The van der Waals surface area contributed by atoms with E-state index in [2.05, 4.69) is 6.07 Å². The first-order chi connectivity index (χ1) is 12.7. The molecule has 0 aromatic heterocycles. The summed E-state index contributed by atoms with van der Waals surface area (Å²) in [7, 11) is 0. The van der Waals surface area contributed by atoms with Crippen molar-refractivity contribution >= 4 is 17.5 Å². The molecule has 0 saturated carbocycles. The Morgan fingerprint density at radius 2 is 1.85 bits per heavy atom. The van der Waals surface area contributed by atoms with Gasteiger partial charge in [-0.2, -0.15) is 0 Å². The van der Waals surface area contributed by atoms with Crippen molar-refractivity contribution in [3.8, 4) is 0 Å². The van der Waals surface area contributed by atoms with Gasteiger partial charge in [0.25, 0.3) is 5.91 Å². The zero-order valence-corrected chi connectivity index (χ0v) is 14.6. The molecule has 0 spiro atoms. The van der Waals surface area contributed by atoms with Crippen molar-refractivity contribution in [2.75, 3.05) is 24.7 Å². The number of morpholine rings is 1. The lowest BCUT2D eigenvalue weighted by molar-refractivity contribution is -0.154. The summed E-state index contributed by atoms with van der Waals surface area (Å²) in [5, 5.41) is 0. The van der Waals surface area contributed by atoms with Crippen molar-refractivity contribution in [3.63, 3.8) is 0 Å². The summed E-state index contributed by atoms with van der Waals surface area (Å²) in [6.45, 7) is 1.39. The molecule has 2 aromatic rings. The molecule has 0 radical (unpaired) electrons. The molecule has 4 rings (SSSR count). The lowest BCUT2D eigenvalue weighted by atomic mass is 10.0. The number of hydrogen-bond acceptors (Lipinski definition) is 3. The summed E-state index contributed by atoms with van der Waals surface area (Å²) in [6.07, 6.45) is 1.91. The van der Waals surface area contributed by atoms with E-state index in [1.54, 1.807) is 4.90 Å². The molecule has 2 amide bonds. The normalized spacial score (nSPS) is 20.0. The summed E-state index contributed by atoms with van der Waals surface area (Å²) < 4.78 is 5.42. The molecule has 0 N–H and O–H groups in total. The van der Waals surface area contributed by atoms with Crippen LogP contribution in [0.4, 0.5) is 5.69 Å². The molecule has 2 heterocycles. The molecular formula is C21H22N2O3. The van der Waals surface area contributed by atoms with Crippen LogP contribution >= 0.6 is 0 Å². The van der Waals surface area contributed by atoms with Crippen LogP contribution in [0, 0.1) is 0 Å². The zero-order valence-electron chi connectivity index (χ0n) is 14.6.